The molecule has 1 aromatic heterocycles. The van der Waals surface area contributed by atoms with Gasteiger partial charge >= 0.3 is 0 Å². The predicted molar refractivity (Wildman–Crippen MR) is 76.2 cm³/mol. The van der Waals surface area contributed by atoms with E-state index in [4.69, 9.17) is 10.5 Å². The first kappa shape index (κ1) is 13.6. The van der Waals surface area contributed by atoms with Crippen LogP contribution in [-0.4, -0.2) is 22.7 Å². The number of nitrogens with two attached hydrogens (primary N) is 1. The number of nitrogens with zero attached hydrogens (tertiary/aromatic N) is 2. The van der Waals surface area contributed by atoms with Crippen molar-refractivity contribution in [3.05, 3.63) is 48.0 Å². The van der Waals surface area contributed by atoms with Crippen molar-refractivity contribution >= 4 is 0 Å². The molecule has 102 valence electrons. The third-order valence-electron chi connectivity index (χ3n) is 3.33. The Bertz CT molecular complexity index is 522. The Morgan fingerprint density at radius 3 is 2.84 bits per heavy atom. The van der Waals surface area contributed by atoms with Gasteiger partial charge in [-0.2, -0.15) is 0 Å². The molecule has 4 heteroatoms. The molecule has 2 N–H and O–H groups in total. The van der Waals surface area contributed by atoms with E-state index < -0.39 is 0 Å². The van der Waals surface area contributed by atoms with Gasteiger partial charge in [0.05, 0.1) is 7.11 Å². The molecule has 0 saturated heterocycles. The molecule has 0 saturated carbocycles. The van der Waals surface area contributed by atoms with Crippen LogP contribution in [0.25, 0.3) is 0 Å². The van der Waals surface area contributed by atoms with Gasteiger partial charge in [0.2, 0.25) is 0 Å². The van der Waals surface area contributed by atoms with Crippen LogP contribution < -0.4 is 10.5 Å². The number of rotatable bonds is 6. The molecule has 0 aliphatic rings. The average Bonchev–Trinajstić information content (AvgIpc) is 2.82. The van der Waals surface area contributed by atoms with E-state index in [0.717, 1.165) is 36.4 Å². The van der Waals surface area contributed by atoms with Gasteiger partial charge in [0.25, 0.3) is 0 Å². The van der Waals surface area contributed by atoms with E-state index in [2.05, 4.69) is 11.1 Å². The van der Waals surface area contributed by atoms with Crippen LogP contribution in [0.15, 0.2) is 36.7 Å². The second kappa shape index (κ2) is 6.38. The molecule has 0 aliphatic carbocycles. The summed E-state index contributed by atoms with van der Waals surface area (Å²) in [5.41, 5.74) is 7.37. The zero-order chi connectivity index (χ0) is 13.7. The number of aryl methyl sites for hydroxylation is 2. The van der Waals surface area contributed by atoms with Gasteiger partial charge in [-0.15, -0.1) is 0 Å². The summed E-state index contributed by atoms with van der Waals surface area (Å²) < 4.78 is 7.38. The lowest BCUT2D eigenvalue weighted by Crippen LogP contribution is -2.24. The van der Waals surface area contributed by atoms with Gasteiger partial charge in [-0.1, -0.05) is 18.2 Å². The van der Waals surface area contributed by atoms with Crippen molar-refractivity contribution in [2.75, 3.05) is 7.11 Å². The quantitative estimate of drug-likeness (QED) is 0.862. The minimum absolute atomic E-state index is 0.119. The van der Waals surface area contributed by atoms with Crippen LogP contribution in [0, 0.1) is 0 Å². The standard InChI is InChI=1S/C15H21N3O/c1-18-10-9-17-15(18)8-7-13(16)11-12-5-3-4-6-14(12)19-2/h3-6,9-10,13H,7-8,11,16H2,1-2H3. The Morgan fingerprint density at radius 1 is 1.37 bits per heavy atom. The summed E-state index contributed by atoms with van der Waals surface area (Å²) in [6.07, 6.45) is 6.43. The van der Waals surface area contributed by atoms with E-state index in [9.17, 15) is 0 Å². The largest absolute Gasteiger partial charge is 0.496 e. The Morgan fingerprint density at radius 2 is 2.16 bits per heavy atom. The summed E-state index contributed by atoms with van der Waals surface area (Å²) in [7, 11) is 3.70. The van der Waals surface area contributed by atoms with E-state index in [1.54, 1.807) is 7.11 Å². The van der Waals surface area contributed by atoms with Crippen molar-refractivity contribution in [3.63, 3.8) is 0 Å². The normalized spacial score (nSPS) is 12.4. The average molecular weight is 259 g/mol. The van der Waals surface area contributed by atoms with Crippen LogP contribution in [0.2, 0.25) is 0 Å². The number of hydrogen-bond acceptors (Lipinski definition) is 3. The highest BCUT2D eigenvalue weighted by molar-refractivity contribution is 5.33. The molecule has 1 atom stereocenters. The van der Waals surface area contributed by atoms with Crippen molar-refractivity contribution in [1.29, 1.82) is 0 Å². The first-order valence-electron chi connectivity index (χ1n) is 6.54. The van der Waals surface area contributed by atoms with Crippen molar-refractivity contribution < 1.29 is 4.74 Å². The number of para-hydroxylation sites is 1. The summed E-state index contributed by atoms with van der Waals surface area (Å²) in [4.78, 5) is 4.31. The van der Waals surface area contributed by atoms with Crippen LogP contribution in [0.1, 0.15) is 17.8 Å². The summed E-state index contributed by atoms with van der Waals surface area (Å²) in [5.74, 6) is 1.99. The van der Waals surface area contributed by atoms with Crippen molar-refractivity contribution in [2.24, 2.45) is 12.8 Å². The Labute approximate surface area is 114 Å². The number of benzene rings is 1. The highest BCUT2D eigenvalue weighted by Crippen LogP contribution is 2.19. The molecule has 1 aromatic carbocycles. The minimum atomic E-state index is 0.119. The van der Waals surface area contributed by atoms with Gasteiger partial charge in [-0.25, -0.2) is 4.98 Å². The van der Waals surface area contributed by atoms with Crippen LogP contribution in [-0.2, 0) is 19.9 Å². The van der Waals surface area contributed by atoms with Crippen molar-refractivity contribution in [3.8, 4) is 5.75 Å². The van der Waals surface area contributed by atoms with Crippen LogP contribution in [0.4, 0.5) is 0 Å². The molecule has 4 nitrogen and oxygen atoms in total. The minimum Gasteiger partial charge on any atom is -0.496 e. The summed E-state index contributed by atoms with van der Waals surface area (Å²) in [5, 5.41) is 0. The molecule has 0 bridgehead atoms. The van der Waals surface area contributed by atoms with Crippen molar-refractivity contribution in [2.45, 2.75) is 25.3 Å². The maximum absolute atomic E-state index is 6.20. The third-order valence-corrected chi connectivity index (χ3v) is 3.33. The number of hydrogen-bond donors (Lipinski definition) is 1. The molecule has 0 fully saturated rings. The SMILES string of the molecule is COc1ccccc1CC(N)CCc1nccn1C. The monoisotopic (exact) mass is 259 g/mol. The third kappa shape index (κ3) is 3.58. The molecule has 0 aliphatic heterocycles. The van der Waals surface area contributed by atoms with Gasteiger partial charge in [-0.3, -0.25) is 0 Å². The fraction of sp³-hybridized carbons (Fsp3) is 0.400. The Hall–Kier alpha value is -1.81. The van der Waals surface area contributed by atoms with E-state index >= 15 is 0 Å². The number of methoxy groups -OCH3 is 1. The first-order valence-corrected chi connectivity index (χ1v) is 6.54. The zero-order valence-electron chi connectivity index (χ0n) is 11.5. The van der Waals surface area contributed by atoms with E-state index in [1.807, 2.05) is 42.2 Å². The van der Waals surface area contributed by atoms with Gasteiger partial charge in [0, 0.05) is 31.9 Å². The summed E-state index contributed by atoms with van der Waals surface area (Å²) >= 11 is 0. The molecule has 1 unspecified atom stereocenters. The number of ether oxygens (including phenoxy) is 1. The molecule has 0 spiro atoms. The number of aromatic nitrogens is 2. The summed E-state index contributed by atoms with van der Waals surface area (Å²) in [6, 6.07) is 8.15. The second-order valence-corrected chi connectivity index (χ2v) is 4.77. The van der Waals surface area contributed by atoms with Gasteiger partial charge in [-0.05, 0) is 24.5 Å². The van der Waals surface area contributed by atoms with Crippen LogP contribution in [0.3, 0.4) is 0 Å². The fourth-order valence-electron chi connectivity index (χ4n) is 2.21. The smallest absolute Gasteiger partial charge is 0.122 e. The highest BCUT2D eigenvalue weighted by atomic mass is 16.5. The van der Waals surface area contributed by atoms with Crippen LogP contribution >= 0.6 is 0 Å². The van der Waals surface area contributed by atoms with E-state index in [0.29, 0.717) is 0 Å². The molecule has 19 heavy (non-hydrogen) atoms. The van der Waals surface area contributed by atoms with Gasteiger partial charge in [0.1, 0.15) is 11.6 Å². The lowest BCUT2D eigenvalue weighted by Gasteiger charge is -2.14. The maximum Gasteiger partial charge on any atom is 0.122 e. The predicted octanol–water partition coefficient (Wildman–Crippen LogP) is 1.93. The Kier molecular flexibility index (Phi) is 4.58. The highest BCUT2D eigenvalue weighted by Gasteiger charge is 2.09. The molecule has 0 radical (unpaired) electrons. The van der Waals surface area contributed by atoms with Crippen molar-refractivity contribution in [1.82, 2.24) is 9.55 Å². The maximum atomic E-state index is 6.20. The van der Waals surface area contributed by atoms with E-state index in [1.165, 1.54) is 0 Å². The zero-order valence-corrected chi connectivity index (χ0v) is 11.5. The van der Waals surface area contributed by atoms with Crippen LogP contribution in [0.5, 0.6) is 5.75 Å². The Balaban J connectivity index is 1.90. The molecular weight excluding hydrogens is 238 g/mol. The lowest BCUT2D eigenvalue weighted by atomic mass is 10.0. The number of imidazole rings is 1. The topological polar surface area (TPSA) is 53.1 Å². The van der Waals surface area contributed by atoms with Gasteiger partial charge in [0.15, 0.2) is 0 Å². The molecule has 1 heterocycles. The van der Waals surface area contributed by atoms with Gasteiger partial charge < -0.3 is 15.0 Å². The molecule has 0 amide bonds. The molecule has 2 rings (SSSR count). The molecule has 2 aromatic rings. The molecular formula is C15H21N3O. The second-order valence-electron chi connectivity index (χ2n) is 4.77. The van der Waals surface area contributed by atoms with E-state index in [-0.39, 0.29) is 6.04 Å². The first-order chi connectivity index (χ1) is 9.20. The summed E-state index contributed by atoms with van der Waals surface area (Å²) in [6.45, 7) is 0. The lowest BCUT2D eigenvalue weighted by molar-refractivity contribution is 0.407. The fourth-order valence-corrected chi connectivity index (χ4v) is 2.21.